The third-order valence-electron chi connectivity index (χ3n) is 7.25. The van der Waals surface area contributed by atoms with Gasteiger partial charge in [0.1, 0.15) is 9.99 Å². The molecule has 0 radical (unpaired) electrons. The van der Waals surface area contributed by atoms with Crippen molar-refractivity contribution in [3.63, 3.8) is 0 Å². The van der Waals surface area contributed by atoms with Gasteiger partial charge < -0.3 is 0 Å². The SMILES string of the molecule is CC1(C)[C@H]2CC[C@@]1(CS(=O)(=O)N1CCN(S(=O)(=O)c3cccs3)CC1)C(=O)C2. The van der Waals surface area contributed by atoms with Crippen LogP contribution in [-0.4, -0.2) is 63.2 Å². The number of rotatable bonds is 5. The van der Waals surface area contributed by atoms with E-state index in [1.165, 1.54) is 8.61 Å². The van der Waals surface area contributed by atoms with Gasteiger partial charge in [0.05, 0.1) is 5.75 Å². The van der Waals surface area contributed by atoms with Crippen molar-refractivity contribution in [2.45, 2.75) is 37.3 Å². The molecule has 2 bridgehead atoms. The van der Waals surface area contributed by atoms with Crippen molar-refractivity contribution in [2.24, 2.45) is 16.7 Å². The number of thiophene rings is 1. The first-order valence-electron chi connectivity index (χ1n) is 9.55. The lowest BCUT2D eigenvalue weighted by Crippen LogP contribution is -2.53. The average molecular weight is 447 g/mol. The summed E-state index contributed by atoms with van der Waals surface area (Å²) in [7, 11) is -7.21. The summed E-state index contributed by atoms with van der Waals surface area (Å²) in [5.74, 6) is 0.194. The normalized spacial score (nSPS) is 31.5. The molecule has 1 saturated heterocycles. The van der Waals surface area contributed by atoms with Crippen molar-refractivity contribution in [2.75, 3.05) is 31.9 Å². The maximum atomic E-state index is 13.2. The van der Waals surface area contributed by atoms with Gasteiger partial charge in [-0.1, -0.05) is 19.9 Å². The summed E-state index contributed by atoms with van der Waals surface area (Å²) < 4.78 is 54.6. The van der Waals surface area contributed by atoms with Crippen LogP contribution in [0.1, 0.15) is 33.1 Å². The molecule has 0 N–H and O–H groups in total. The number of nitrogens with zero attached hydrogens (tertiary/aromatic N) is 2. The van der Waals surface area contributed by atoms with E-state index in [9.17, 15) is 21.6 Å². The highest BCUT2D eigenvalue weighted by molar-refractivity contribution is 7.91. The van der Waals surface area contributed by atoms with Crippen LogP contribution in [-0.2, 0) is 24.8 Å². The molecule has 28 heavy (non-hydrogen) atoms. The van der Waals surface area contributed by atoms with Gasteiger partial charge >= 0.3 is 0 Å². The van der Waals surface area contributed by atoms with Crippen LogP contribution in [0.15, 0.2) is 21.7 Å². The molecule has 156 valence electrons. The van der Waals surface area contributed by atoms with E-state index >= 15 is 0 Å². The second kappa shape index (κ2) is 6.60. The summed E-state index contributed by atoms with van der Waals surface area (Å²) in [6, 6.07) is 3.25. The molecule has 7 nitrogen and oxygen atoms in total. The van der Waals surface area contributed by atoms with E-state index in [2.05, 4.69) is 0 Å². The first-order valence-corrected chi connectivity index (χ1v) is 13.5. The van der Waals surface area contributed by atoms with Crippen LogP contribution in [0.5, 0.6) is 0 Å². The van der Waals surface area contributed by atoms with E-state index in [0.29, 0.717) is 12.8 Å². The molecule has 2 aliphatic carbocycles. The summed E-state index contributed by atoms with van der Waals surface area (Å²) in [5, 5.41) is 1.71. The zero-order valence-electron chi connectivity index (χ0n) is 16.1. The highest BCUT2D eigenvalue weighted by Crippen LogP contribution is 2.64. The van der Waals surface area contributed by atoms with Crippen LogP contribution in [0.2, 0.25) is 0 Å². The molecule has 0 aromatic carbocycles. The van der Waals surface area contributed by atoms with E-state index in [-0.39, 0.29) is 53.3 Å². The molecular weight excluding hydrogens is 420 g/mol. The Balaban J connectivity index is 1.48. The van der Waals surface area contributed by atoms with Crippen molar-refractivity contribution in [1.82, 2.24) is 8.61 Å². The lowest BCUT2D eigenvalue weighted by molar-refractivity contribution is -0.128. The molecule has 1 aliphatic heterocycles. The molecule has 3 fully saturated rings. The molecule has 0 amide bonds. The van der Waals surface area contributed by atoms with Crippen LogP contribution in [0.25, 0.3) is 0 Å². The molecule has 4 rings (SSSR count). The minimum atomic E-state index is -3.64. The monoisotopic (exact) mass is 446 g/mol. The minimum Gasteiger partial charge on any atom is -0.299 e. The van der Waals surface area contributed by atoms with Gasteiger partial charge in [0.2, 0.25) is 10.0 Å². The minimum absolute atomic E-state index is 0.0798. The molecule has 10 heteroatoms. The fourth-order valence-corrected chi connectivity index (χ4v) is 10.0. The summed E-state index contributed by atoms with van der Waals surface area (Å²) in [6.07, 6.45) is 2.02. The lowest BCUT2D eigenvalue weighted by Gasteiger charge is -2.39. The number of piperazine rings is 1. The second-order valence-electron chi connectivity index (χ2n) is 8.66. The Morgan fingerprint density at radius 2 is 1.75 bits per heavy atom. The Labute approximate surface area is 170 Å². The standard InChI is InChI=1S/C18H26N2O5S3/c1-17(2)14-5-6-18(17,15(21)12-14)13-27(22,23)19-7-9-20(10-8-19)28(24,25)16-4-3-11-26-16/h3-4,11,14H,5-10,12-13H2,1-2H3/t14-,18+/m0/s1. The Hall–Kier alpha value is -0.810. The maximum Gasteiger partial charge on any atom is 0.252 e. The molecule has 3 aliphatic rings. The largest absolute Gasteiger partial charge is 0.299 e. The number of Topliss-reactive ketones (excluding diaryl/α,β-unsaturated/α-hetero) is 1. The third-order valence-corrected chi connectivity index (χ3v) is 12.5. The molecule has 1 aromatic rings. The molecule has 2 atom stereocenters. The lowest BCUT2D eigenvalue weighted by atomic mass is 9.70. The number of sulfonamides is 2. The fraction of sp³-hybridized carbons (Fsp3) is 0.722. The molecule has 0 unspecified atom stereocenters. The number of ketones is 1. The molecule has 2 heterocycles. The van der Waals surface area contributed by atoms with Crippen molar-refractivity contribution in [3.05, 3.63) is 17.5 Å². The van der Waals surface area contributed by atoms with Crippen LogP contribution in [0.3, 0.4) is 0 Å². The van der Waals surface area contributed by atoms with E-state index in [0.717, 1.165) is 17.8 Å². The van der Waals surface area contributed by atoms with E-state index < -0.39 is 25.5 Å². The Bertz CT molecular complexity index is 976. The zero-order chi connectivity index (χ0) is 20.4. The highest BCUT2D eigenvalue weighted by atomic mass is 32.2. The second-order valence-corrected chi connectivity index (χ2v) is 13.7. The van der Waals surface area contributed by atoms with Gasteiger partial charge in [-0.3, -0.25) is 4.79 Å². The third kappa shape index (κ3) is 2.91. The Morgan fingerprint density at radius 1 is 1.11 bits per heavy atom. The topological polar surface area (TPSA) is 91.8 Å². The van der Waals surface area contributed by atoms with Gasteiger partial charge in [-0.15, -0.1) is 11.3 Å². The molecule has 0 spiro atoms. The van der Waals surface area contributed by atoms with Gasteiger partial charge in [-0.05, 0) is 35.6 Å². The van der Waals surface area contributed by atoms with Crippen LogP contribution < -0.4 is 0 Å². The van der Waals surface area contributed by atoms with E-state index in [1.807, 2.05) is 13.8 Å². The Kier molecular flexibility index (Phi) is 4.82. The van der Waals surface area contributed by atoms with Crippen molar-refractivity contribution in [3.8, 4) is 0 Å². The van der Waals surface area contributed by atoms with Crippen molar-refractivity contribution < 1.29 is 21.6 Å². The summed E-state index contributed by atoms with van der Waals surface area (Å²) in [4.78, 5) is 12.7. The fourth-order valence-electron chi connectivity index (χ4n) is 5.24. The quantitative estimate of drug-likeness (QED) is 0.688. The first kappa shape index (κ1) is 20.5. The number of carbonyl (C=O) groups is 1. The predicted molar refractivity (Wildman–Crippen MR) is 107 cm³/mol. The summed E-state index contributed by atoms with van der Waals surface area (Å²) >= 11 is 1.16. The van der Waals surface area contributed by atoms with Crippen LogP contribution in [0, 0.1) is 16.7 Å². The zero-order valence-corrected chi connectivity index (χ0v) is 18.6. The smallest absolute Gasteiger partial charge is 0.252 e. The van der Waals surface area contributed by atoms with E-state index in [4.69, 9.17) is 0 Å². The van der Waals surface area contributed by atoms with Crippen LogP contribution >= 0.6 is 11.3 Å². The highest BCUT2D eigenvalue weighted by Gasteiger charge is 2.65. The van der Waals surface area contributed by atoms with Gasteiger partial charge in [0.15, 0.2) is 0 Å². The van der Waals surface area contributed by atoms with E-state index in [1.54, 1.807) is 17.5 Å². The number of hydrogen-bond donors (Lipinski definition) is 0. The maximum absolute atomic E-state index is 13.2. The number of carbonyl (C=O) groups excluding carboxylic acids is 1. The Morgan fingerprint density at radius 3 is 2.25 bits per heavy atom. The molecule has 1 aromatic heterocycles. The molecule has 2 saturated carbocycles. The van der Waals surface area contributed by atoms with Crippen molar-refractivity contribution >= 4 is 37.2 Å². The van der Waals surface area contributed by atoms with Gasteiger partial charge in [-0.2, -0.15) is 8.61 Å². The average Bonchev–Trinajstić information content (AvgIpc) is 3.29. The van der Waals surface area contributed by atoms with Gasteiger partial charge in [-0.25, -0.2) is 16.8 Å². The molecular formula is C18H26N2O5S3. The predicted octanol–water partition coefficient (Wildman–Crippen LogP) is 1.78. The van der Waals surface area contributed by atoms with Gasteiger partial charge in [0, 0.05) is 38.0 Å². The van der Waals surface area contributed by atoms with Crippen LogP contribution in [0.4, 0.5) is 0 Å². The van der Waals surface area contributed by atoms with Gasteiger partial charge in [0.25, 0.3) is 10.0 Å². The van der Waals surface area contributed by atoms with Crippen molar-refractivity contribution in [1.29, 1.82) is 0 Å². The number of hydrogen-bond acceptors (Lipinski definition) is 6. The first-order chi connectivity index (χ1) is 13.0. The number of fused-ring (bicyclic) bond motifs is 2. The summed E-state index contributed by atoms with van der Waals surface area (Å²) in [5.41, 5.74) is -1.10. The summed E-state index contributed by atoms with van der Waals surface area (Å²) in [6.45, 7) is 4.56.